The van der Waals surface area contributed by atoms with E-state index in [-0.39, 0.29) is 11.3 Å². The smallest absolute Gasteiger partial charge is 0.251 e. The number of nitrogens with one attached hydrogen (secondary N) is 2. The number of carbonyl (C=O) groups is 1. The van der Waals surface area contributed by atoms with E-state index >= 15 is 0 Å². The molecule has 3 rings (SSSR count). The minimum atomic E-state index is -0.0557. The molecule has 0 aliphatic heterocycles. The Kier molecular flexibility index (Phi) is 4.24. The van der Waals surface area contributed by atoms with Gasteiger partial charge in [-0.25, -0.2) is 4.98 Å². The van der Waals surface area contributed by atoms with Crippen molar-refractivity contribution in [2.24, 2.45) is 0 Å². The van der Waals surface area contributed by atoms with Gasteiger partial charge in [-0.15, -0.1) is 0 Å². The molecule has 0 fully saturated rings. The fourth-order valence-corrected chi connectivity index (χ4v) is 2.98. The molecule has 0 unspecified atom stereocenters. The predicted molar refractivity (Wildman–Crippen MR) is 91.5 cm³/mol. The largest absolute Gasteiger partial charge is 0.345 e. The lowest BCUT2D eigenvalue weighted by Gasteiger charge is -2.19. The Balaban J connectivity index is 1.62. The molecule has 4 nitrogen and oxygen atoms in total. The summed E-state index contributed by atoms with van der Waals surface area (Å²) in [6, 6.07) is 7.84. The van der Waals surface area contributed by atoms with E-state index in [1.807, 2.05) is 24.3 Å². The van der Waals surface area contributed by atoms with Crippen LogP contribution in [0.5, 0.6) is 0 Å². The van der Waals surface area contributed by atoms with Gasteiger partial charge in [-0.1, -0.05) is 32.9 Å². The standard InChI is InChI=1S/C19H25N3O/c1-19(2,3)14-10-8-13(9-11-14)18(23)20-12-17-21-15-6-4-5-7-16(15)22-17/h8-11H,4-7,12H2,1-3H3,(H,20,23)(H,21,22). The van der Waals surface area contributed by atoms with Crippen LogP contribution in [0, 0.1) is 0 Å². The van der Waals surface area contributed by atoms with Gasteiger partial charge in [0.05, 0.1) is 12.2 Å². The van der Waals surface area contributed by atoms with Crippen LogP contribution in [0.1, 0.15) is 66.7 Å². The van der Waals surface area contributed by atoms with Crippen LogP contribution in [0.2, 0.25) is 0 Å². The molecule has 0 saturated carbocycles. The highest BCUT2D eigenvalue weighted by atomic mass is 16.1. The Bertz CT molecular complexity index is 669. The number of carbonyl (C=O) groups excluding carboxylic acids is 1. The maximum Gasteiger partial charge on any atom is 0.251 e. The molecule has 0 atom stereocenters. The zero-order valence-electron chi connectivity index (χ0n) is 14.2. The van der Waals surface area contributed by atoms with Crippen molar-refractivity contribution in [3.05, 3.63) is 52.6 Å². The maximum atomic E-state index is 12.3. The highest BCUT2D eigenvalue weighted by Gasteiger charge is 2.16. The number of hydrogen-bond donors (Lipinski definition) is 2. The minimum absolute atomic E-state index is 0.0557. The third-order valence-corrected chi connectivity index (χ3v) is 4.43. The summed E-state index contributed by atoms with van der Waals surface area (Å²) < 4.78 is 0. The molecule has 2 N–H and O–H groups in total. The average molecular weight is 311 g/mol. The van der Waals surface area contributed by atoms with Crippen molar-refractivity contribution in [1.82, 2.24) is 15.3 Å². The zero-order valence-corrected chi connectivity index (χ0v) is 14.2. The van der Waals surface area contributed by atoms with Gasteiger partial charge in [0.1, 0.15) is 5.82 Å². The van der Waals surface area contributed by atoms with E-state index in [1.54, 1.807) is 0 Å². The van der Waals surface area contributed by atoms with Crippen LogP contribution in [0.15, 0.2) is 24.3 Å². The van der Waals surface area contributed by atoms with Crippen LogP contribution >= 0.6 is 0 Å². The van der Waals surface area contributed by atoms with Crippen LogP contribution < -0.4 is 5.32 Å². The second-order valence-electron chi connectivity index (χ2n) is 7.33. The number of H-pyrrole nitrogens is 1. The highest BCUT2D eigenvalue weighted by molar-refractivity contribution is 5.94. The molecule has 1 heterocycles. The Labute approximate surface area is 137 Å². The quantitative estimate of drug-likeness (QED) is 0.911. The van der Waals surface area contributed by atoms with Crippen molar-refractivity contribution in [3.63, 3.8) is 0 Å². The Morgan fingerprint density at radius 3 is 2.52 bits per heavy atom. The molecule has 0 spiro atoms. The van der Waals surface area contributed by atoms with Gasteiger partial charge in [-0.2, -0.15) is 0 Å². The number of aromatic amines is 1. The second kappa shape index (κ2) is 6.19. The first-order valence-electron chi connectivity index (χ1n) is 8.39. The van der Waals surface area contributed by atoms with Gasteiger partial charge in [0.25, 0.3) is 5.91 Å². The van der Waals surface area contributed by atoms with E-state index < -0.39 is 0 Å². The van der Waals surface area contributed by atoms with Gasteiger partial charge in [-0.05, 0) is 48.8 Å². The van der Waals surface area contributed by atoms with Gasteiger partial charge in [0.15, 0.2) is 0 Å². The molecule has 1 amide bonds. The SMILES string of the molecule is CC(C)(C)c1ccc(C(=O)NCc2nc3c([nH]2)CCCC3)cc1. The summed E-state index contributed by atoms with van der Waals surface area (Å²) in [5.74, 6) is 0.802. The van der Waals surface area contributed by atoms with E-state index in [9.17, 15) is 4.79 Å². The van der Waals surface area contributed by atoms with E-state index in [0.717, 1.165) is 18.7 Å². The summed E-state index contributed by atoms with van der Waals surface area (Å²) in [5, 5.41) is 2.95. The number of benzene rings is 1. The Morgan fingerprint density at radius 2 is 1.87 bits per heavy atom. The number of aryl methyl sites for hydroxylation is 2. The summed E-state index contributed by atoms with van der Waals surface area (Å²) >= 11 is 0. The first-order chi connectivity index (χ1) is 10.9. The molecule has 0 bridgehead atoms. The van der Waals surface area contributed by atoms with Gasteiger partial charge in [0.2, 0.25) is 0 Å². The normalized spacial score (nSPS) is 14.4. The van der Waals surface area contributed by atoms with Gasteiger partial charge >= 0.3 is 0 Å². The maximum absolute atomic E-state index is 12.3. The predicted octanol–water partition coefficient (Wildman–Crippen LogP) is 3.52. The summed E-state index contributed by atoms with van der Waals surface area (Å²) in [6.45, 7) is 6.95. The molecule has 2 aromatic rings. The van der Waals surface area contributed by atoms with Crippen LogP contribution in [-0.2, 0) is 24.8 Å². The lowest BCUT2D eigenvalue weighted by molar-refractivity contribution is 0.0950. The molecule has 1 aliphatic carbocycles. The van der Waals surface area contributed by atoms with Gasteiger partial charge in [-0.3, -0.25) is 4.79 Å². The Morgan fingerprint density at radius 1 is 1.17 bits per heavy atom. The van der Waals surface area contributed by atoms with Crippen molar-refractivity contribution in [3.8, 4) is 0 Å². The van der Waals surface area contributed by atoms with Gasteiger partial charge < -0.3 is 10.3 Å². The van der Waals surface area contributed by atoms with Crippen molar-refractivity contribution in [1.29, 1.82) is 0 Å². The fourth-order valence-electron chi connectivity index (χ4n) is 2.98. The lowest BCUT2D eigenvalue weighted by Crippen LogP contribution is -2.23. The molecule has 23 heavy (non-hydrogen) atoms. The first-order valence-corrected chi connectivity index (χ1v) is 8.39. The molecule has 122 valence electrons. The molecule has 0 radical (unpaired) electrons. The minimum Gasteiger partial charge on any atom is -0.345 e. The third kappa shape index (κ3) is 3.63. The zero-order chi connectivity index (χ0) is 16.4. The van der Waals surface area contributed by atoms with Gasteiger partial charge in [0, 0.05) is 11.3 Å². The van der Waals surface area contributed by atoms with Crippen LogP contribution in [-0.4, -0.2) is 15.9 Å². The van der Waals surface area contributed by atoms with Crippen molar-refractivity contribution >= 4 is 5.91 Å². The second-order valence-corrected chi connectivity index (χ2v) is 7.33. The molecule has 1 aromatic heterocycles. The van der Waals surface area contributed by atoms with E-state index in [0.29, 0.717) is 12.1 Å². The van der Waals surface area contributed by atoms with Crippen LogP contribution in [0.3, 0.4) is 0 Å². The highest BCUT2D eigenvalue weighted by Crippen LogP contribution is 2.22. The monoisotopic (exact) mass is 311 g/mol. The van der Waals surface area contributed by atoms with Crippen molar-refractivity contribution in [2.45, 2.75) is 58.4 Å². The van der Waals surface area contributed by atoms with E-state index in [2.05, 4.69) is 36.1 Å². The molecule has 4 heteroatoms. The van der Waals surface area contributed by atoms with E-state index in [1.165, 1.54) is 29.8 Å². The van der Waals surface area contributed by atoms with E-state index in [4.69, 9.17) is 0 Å². The molecule has 1 aromatic carbocycles. The molecular weight excluding hydrogens is 286 g/mol. The number of fused-ring (bicyclic) bond motifs is 1. The Hall–Kier alpha value is -2.10. The molecule has 0 saturated heterocycles. The number of rotatable bonds is 3. The lowest BCUT2D eigenvalue weighted by atomic mass is 9.87. The third-order valence-electron chi connectivity index (χ3n) is 4.43. The summed E-state index contributed by atoms with van der Waals surface area (Å²) in [5.41, 5.74) is 4.44. The average Bonchev–Trinajstić information content (AvgIpc) is 2.95. The van der Waals surface area contributed by atoms with Crippen LogP contribution in [0.25, 0.3) is 0 Å². The summed E-state index contributed by atoms with van der Waals surface area (Å²) in [6.07, 6.45) is 4.56. The van der Waals surface area contributed by atoms with Crippen LogP contribution in [0.4, 0.5) is 0 Å². The summed E-state index contributed by atoms with van der Waals surface area (Å²) in [7, 11) is 0. The molecular formula is C19H25N3O. The topological polar surface area (TPSA) is 57.8 Å². The number of aromatic nitrogens is 2. The number of nitrogens with zero attached hydrogens (tertiary/aromatic N) is 1. The van der Waals surface area contributed by atoms with Crippen molar-refractivity contribution < 1.29 is 4.79 Å². The van der Waals surface area contributed by atoms with Crippen molar-refractivity contribution in [2.75, 3.05) is 0 Å². The summed E-state index contributed by atoms with van der Waals surface area (Å²) in [4.78, 5) is 20.2. The first kappa shape index (κ1) is 15.8. The molecule has 1 aliphatic rings. The number of amides is 1. The number of imidazole rings is 1. The number of hydrogen-bond acceptors (Lipinski definition) is 2. The fraction of sp³-hybridized carbons (Fsp3) is 0.474.